The first-order valence-corrected chi connectivity index (χ1v) is 6.81. The molecule has 0 saturated carbocycles. The second kappa shape index (κ2) is 6.96. The Morgan fingerprint density at radius 1 is 1.45 bits per heavy atom. The van der Waals surface area contributed by atoms with Crippen molar-refractivity contribution in [2.45, 2.75) is 39.4 Å². The first-order chi connectivity index (χ1) is 9.69. The second-order valence-electron chi connectivity index (χ2n) is 4.93. The van der Waals surface area contributed by atoms with Crippen LogP contribution in [0.2, 0.25) is 0 Å². The molecule has 0 bridgehead atoms. The van der Waals surface area contributed by atoms with Crippen molar-refractivity contribution in [1.29, 1.82) is 0 Å². The highest BCUT2D eigenvalue weighted by Gasteiger charge is 2.08. The summed E-state index contributed by atoms with van der Waals surface area (Å²) in [5.74, 6) is 0. The minimum Gasteiger partial charge on any atom is -0.310 e. The van der Waals surface area contributed by atoms with Crippen LogP contribution in [-0.2, 0) is 19.5 Å². The highest BCUT2D eigenvalue weighted by atomic mass is 15.3. The fourth-order valence-electron chi connectivity index (χ4n) is 2.06. The molecular weight excluding hydrogens is 250 g/mol. The molecule has 5 nitrogen and oxygen atoms in total. The molecule has 2 aromatic heterocycles. The normalized spacial score (nSPS) is 12.3. The third-order valence-corrected chi connectivity index (χ3v) is 3.14. The lowest BCUT2D eigenvalue weighted by molar-refractivity contribution is 0.538. The van der Waals surface area contributed by atoms with Gasteiger partial charge >= 0.3 is 0 Å². The number of allylic oxidation sites excluding steroid dienone is 1. The molecule has 0 aliphatic rings. The van der Waals surface area contributed by atoms with Crippen LogP contribution in [0, 0.1) is 6.92 Å². The number of hydrogen-bond acceptors (Lipinski definition) is 4. The highest BCUT2D eigenvalue weighted by molar-refractivity contribution is 5.15. The van der Waals surface area contributed by atoms with Crippen molar-refractivity contribution in [3.8, 4) is 0 Å². The van der Waals surface area contributed by atoms with Crippen LogP contribution in [0.1, 0.15) is 23.9 Å². The maximum Gasteiger partial charge on any atom is 0.0638 e. The van der Waals surface area contributed by atoms with Gasteiger partial charge in [-0.25, -0.2) is 0 Å². The van der Waals surface area contributed by atoms with Gasteiger partial charge in [-0.05, 0) is 13.8 Å². The van der Waals surface area contributed by atoms with Gasteiger partial charge in [0.2, 0.25) is 0 Å². The Kier molecular flexibility index (Phi) is 5.01. The number of aryl methyl sites for hydroxylation is 1. The third kappa shape index (κ3) is 3.99. The van der Waals surface area contributed by atoms with Gasteiger partial charge in [0.05, 0.1) is 17.9 Å². The van der Waals surface area contributed by atoms with Crippen LogP contribution in [0.15, 0.2) is 37.4 Å². The van der Waals surface area contributed by atoms with Gasteiger partial charge in [-0.15, -0.1) is 6.58 Å². The predicted molar refractivity (Wildman–Crippen MR) is 79.2 cm³/mol. The van der Waals surface area contributed by atoms with Gasteiger partial charge in [0.25, 0.3) is 0 Å². The fraction of sp³-hybridized carbons (Fsp3) is 0.400. The van der Waals surface area contributed by atoms with Crippen LogP contribution in [0.25, 0.3) is 0 Å². The summed E-state index contributed by atoms with van der Waals surface area (Å²) in [6.07, 6.45) is 10.0. The Bertz CT molecular complexity index is 547. The molecule has 2 rings (SSSR count). The number of rotatable bonds is 7. The molecule has 0 aliphatic carbocycles. The molecule has 0 saturated heterocycles. The fourth-order valence-corrected chi connectivity index (χ4v) is 2.06. The van der Waals surface area contributed by atoms with Crippen LogP contribution in [-0.4, -0.2) is 25.8 Å². The second-order valence-corrected chi connectivity index (χ2v) is 4.93. The van der Waals surface area contributed by atoms with Crippen molar-refractivity contribution in [1.82, 2.24) is 25.1 Å². The lowest BCUT2D eigenvalue weighted by Gasteiger charge is -2.12. The molecule has 0 fully saturated rings. The molecule has 0 aliphatic heterocycles. The predicted octanol–water partition coefficient (Wildman–Crippen LogP) is 1.89. The van der Waals surface area contributed by atoms with Crippen molar-refractivity contribution in [2.24, 2.45) is 0 Å². The van der Waals surface area contributed by atoms with Crippen LogP contribution >= 0.6 is 0 Å². The number of nitrogens with one attached hydrogen (secondary N) is 1. The summed E-state index contributed by atoms with van der Waals surface area (Å²) in [6, 6.07) is 0.342. The van der Waals surface area contributed by atoms with Crippen LogP contribution in [0.5, 0.6) is 0 Å². The number of nitrogens with zero attached hydrogens (tertiary/aromatic N) is 4. The van der Waals surface area contributed by atoms with Crippen LogP contribution in [0.4, 0.5) is 0 Å². The zero-order valence-electron chi connectivity index (χ0n) is 12.1. The van der Waals surface area contributed by atoms with E-state index in [9.17, 15) is 0 Å². The lowest BCUT2D eigenvalue weighted by atomic mass is 10.1. The van der Waals surface area contributed by atoms with Gasteiger partial charge in [-0.3, -0.25) is 14.6 Å². The van der Waals surface area contributed by atoms with Gasteiger partial charge in [-0.1, -0.05) is 6.08 Å². The SMILES string of the molecule is C=CCn1cc(CNC(C)Cc2cnccn2)c(C)n1. The Hall–Kier alpha value is -2.01. The summed E-state index contributed by atoms with van der Waals surface area (Å²) in [6.45, 7) is 9.47. The van der Waals surface area contributed by atoms with E-state index in [2.05, 4.69) is 40.1 Å². The van der Waals surface area contributed by atoms with Crippen molar-refractivity contribution in [2.75, 3.05) is 0 Å². The van der Waals surface area contributed by atoms with Crippen molar-refractivity contribution >= 4 is 0 Å². The van der Waals surface area contributed by atoms with Crippen molar-refractivity contribution in [3.63, 3.8) is 0 Å². The zero-order chi connectivity index (χ0) is 14.4. The molecule has 0 amide bonds. The summed E-state index contributed by atoms with van der Waals surface area (Å²) in [5.41, 5.74) is 3.29. The molecule has 1 unspecified atom stereocenters. The quantitative estimate of drug-likeness (QED) is 0.781. The highest BCUT2D eigenvalue weighted by Crippen LogP contribution is 2.06. The smallest absolute Gasteiger partial charge is 0.0638 e. The zero-order valence-corrected chi connectivity index (χ0v) is 12.1. The summed E-state index contributed by atoms with van der Waals surface area (Å²) in [4.78, 5) is 8.37. The van der Waals surface area contributed by atoms with Gasteiger partial charge in [-0.2, -0.15) is 5.10 Å². The average Bonchev–Trinajstić information content (AvgIpc) is 2.78. The minimum absolute atomic E-state index is 0.342. The first-order valence-electron chi connectivity index (χ1n) is 6.81. The molecule has 2 aromatic rings. The molecule has 0 spiro atoms. The van der Waals surface area contributed by atoms with Crippen molar-refractivity contribution < 1.29 is 0 Å². The van der Waals surface area contributed by atoms with Crippen LogP contribution in [0.3, 0.4) is 0 Å². The van der Waals surface area contributed by atoms with Gasteiger partial charge < -0.3 is 5.32 Å². The molecule has 1 N–H and O–H groups in total. The molecule has 1 atom stereocenters. The topological polar surface area (TPSA) is 55.6 Å². The monoisotopic (exact) mass is 271 g/mol. The standard InChI is InChI=1S/C15H21N5/c1-4-7-20-11-14(13(3)19-20)9-18-12(2)8-15-10-16-5-6-17-15/h4-6,10-12,18H,1,7-9H2,2-3H3. The average molecular weight is 271 g/mol. The van der Waals surface area contributed by atoms with Gasteiger partial charge in [0.1, 0.15) is 0 Å². The van der Waals surface area contributed by atoms with E-state index in [0.29, 0.717) is 6.04 Å². The Morgan fingerprint density at radius 3 is 3.00 bits per heavy atom. The van der Waals surface area contributed by atoms with E-state index in [1.807, 2.05) is 23.9 Å². The van der Waals surface area contributed by atoms with E-state index in [0.717, 1.165) is 30.9 Å². The summed E-state index contributed by atoms with van der Waals surface area (Å²) < 4.78 is 1.91. The summed E-state index contributed by atoms with van der Waals surface area (Å²) in [7, 11) is 0. The summed E-state index contributed by atoms with van der Waals surface area (Å²) in [5, 5.41) is 7.94. The largest absolute Gasteiger partial charge is 0.310 e. The molecule has 0 radical (unpaired) electrons. The summed E-state index contributed by atoms with van der Waals surface area (Å²) >= 11 is 0. The van der Waals surface area contributed by atoms with E-state index in [4.69, 9.17) is 0 Å². The Labute approximate surface area is 119 Å². The van der Waals surface area contributed by atoms with E-state index in [-0.39, 0.29) is 0 Å². The van der Waals surface area contributed by atoms with Gasteiger partial charge in [0.15, 0.2) is 0 Å². The van der Waals surface area contributed by atoms with E-state index in [1.165, 1.54) is 5.56 Å². The maximum atomic E-state index is 4.45. The third-order valence-electron chi connectivity index (χ3n) is 3.14. The molecule has 2 heterocycles. The molecule has 20 heavy (non-hydrogen) atoms. The van der Waals surface area contributed by atoms with E-state index < -0.39 is 0 Å². The maximum absolute atomic E-state index is 4.45. The first kappa shape index (κ1) is 14.4. The van der Waals surface area contributed by atoms with Crippen molar-refractivity contribution in [3.05, 3.63) is 54.4 Å². The molecule has 0 aromatic carbocycles. The van der Waals surface area contributed by atoms with Crippen LogP contribution < -0.4 is 5.32 Å². The van der Waals surface area contributed by atoms with E-state index >= 15 is 0 Å². The Morgan fingerprint density at radius 2 is 2.30 bits per heavy atom. The molecule has 106 valence electrons. The van der Waals surface area contributed by atoms with E-state index in [1.54, 1.807) is 12.4 Å². The number of aromatic nitrogens is 4. The lowest BCUT2D eigenvalue weighted by Crippen LogP contribution is -2.28. The molecular formula is C15H21N5. The van der Waals surface area contributed by atoms with Gasteiger partial charge in [0, 0.05) is 49.4 Å². The Balaban J connectivity index is 1.86. The number of hydrogen-bond donors (Lipinski definition) is 1. The minimum atomic E-state index is 0.342. The molecule has 5 heteroatoms.